The number of allylic oxidation sites excluding steroid dienone is 1. The standard InChI is InChI=1S/C22H28ClNO3S/c1-12(2)27-17-8-9-28-22-13(3)10-15(19(23)18(17)22)21(26)16(11-24(4)5)20(25)14-6-7-14/h10-12,14,17H,6-9H2,1-5H3/b16-11+. The summed E-state index contributed by atoms with van der Waals surface area (Å²) in [5.41, 5.74) is 2.53. The van der Waals surface area contributed by atoms with Crippen molar-refractivity contribution in [2.75, 3.05) is 19.8 Å². The van der Waals surface area contributed by atoms with Gasteiger partial charge in [-0.2, -0.15) is 0 Å². The van der Waals surface area contributed by atoms with E-state index in [1.807, 2.05) is 40.9 Å². The summed E-state index contributed by atoms with van der Waals surface area (Å²) in [5, 5.41) is 0.428. The highest BCUT2D eigenvalue weighted by molar-refractivity contribution is 7.99. The Morgan fingerprint density at radius 2 is 1.96 bits per heavy atom. The first kappa shape index (κ1) is 21.4. The number of fused-ring (bicyclic) bond motifs is 1. The topological polar surface area (TPSA) is 46.6 Å². The zero-order valence-corrected chi connectivity index (χ0v) is 18.7. The van der Waals surface area contributed by atoms with Gasteiger partial charge in [0.1, 0.15) is 0 Å². The molecule has 0 bridgehead atoms. The Labute approximate surface area is 176 Å². The summed E-state index contributed by atoms with van der Waals surface area (Å²) in [6.45, 7) is 6.00. The average Bonchev–Trinajstić information content (AvgIpc) is 3.46. The van der Waals surface area contributed by atoms with Crippen molar-refractivity contribution >= 4 is 34.9 Å². The monoisotopic (exact) mass is 421 g/mol. The van der Waals surface area contributed by atoms with Crippen LogP contribution in [0.2, 0.25) is 5.02 Å². The summed E-state index contributed by atoms with van der Waals surface area (Å²) in [6.07, 6.45) is 4.13. The Hall–Kier alpha value is -1.30. The predicted molar refractivity (Wildman–Crippen MR) is 114 cm³/mol. The molecule has 1 unspecified atom stereocenters. The average molecular weight is 422 g/mol. The number of halogens is 1. The van der Waals surface area contributed by atoms with Crippen molar-refractivity contribution in [1.82, 2.24) is 4.90 Å². The third-order valence-corrected chi connectivity index (χ3v) is 6.59. The van der Waals surface area contributed by atoms with Crippen LogP contribution in [0.1, 0.15) is 60.7 Å². The molecule has 152 valence electrons. The highest BCUT2D eigenvalue weighted by atomic mass is 35.5. The number of ketones is 2. The van der Waals surface area contributed by atoms with E-state index in [0.717, 1.165) is 41.0 Å². The van der Waals surface area contributed by atoms with E-state index in [2.05, 4.69) is 0 Å². The molecule has 1 aromatic carbocycles. The van der Waals surface area contributed by atoms with Crippen LogP contribution in [0.15, 0.2) is 22.7 Å². The molecule has 0 spiro atoms. The first-order chi connectivity index (χ1) is 13.2. The lowest BCUT2D eigenvalue weighted by Gasteiger charge is -2.30. The fourth-order valence-electron chi connectivity index (χ4n) is 3.53. The number of carbonyl (C=O) groups excluding carboxylic acids is 2. The van der Waals surface area contributed by atoms with Gasteiger partial charge in [0, 0.05) is 48.0 Å². The smallest absolute Gasteiger partial charge is 0.199 e. The number of aryl methyl sites for hydroxylation is 1. The van der Waals surface area contributed by atoms with E-state index in [1.54, 1.807) is 22.9 Å². The second-order valence-electron chi connectivity index (χ2n) is 8.08. The van der Waals surface area contributed by atoms with Gasteiger partial charge in [-0.05, 0) is 51.7 Å². The van der Waals surface area contributed by atoms with Crippen LogP contribution >= 0.6 is 23.4 Å². The number of benzene rings is 1. The van der Waals surface area contributed by atoms with E-state index in [0.29, 0.717) is 10.6 Å². The van der Waals surface area contributed by atoms with Crippen molar-refractivity contribution in [3.63, 3.8) is 0 Å². The third kappa shape index (κ3) is 4.47. The maximum Gasteiger partial charge on any atom is 0.199 e. The third-order valence-electron chi connectivity index (χ3n) is 4.91. The minimum Gasteiger partial charge on any atom is -0.383 e. The summed E-state index contributed by atoms with van der Waals surface area (Å²) >= 11 is 8.54. The fraction of sp³-hybridized carbons (Fsp3) is 0.545. The summed E-state index contributed by atoms with van der Waals surface area (Å²) in [4.78, 5) is 29.0. The molecule has 1 fully saturated rings. The van der Waals surface area contributed by atoms with E-state index in [4.69, 9.17) is 16.3 Å². The van der Waals surface area contributed by atoms with Crippen LogP contribution in [0.3, 0.4) is 0 Å². The predicted octanol–water partition coefficient (Wildman–Crippen LogP) is 5.22. The molecular weight excluding hydrogens is 394 g/mol. The highest BCUT2D eigenvalue weighted by Gasteiger charge is 2.37. The Balaban J connectivity index is 2.07. The molecule has 0 N–H and O–H groups in total. The summed E-state index contributed by atoms with van der Waals surface area (Å²) in [5.74, 6) is 0.566. The van der Waals surface area contributed by atoms with Gasteiger partial charge in [-0.1, -0.05) is 11.6 Å². The molecule has 3 rings (SSSR count). The van der Waals surface area contributed by atoms with Crippen molar-refractivity contribution in [2.24, 2.45) is 5.92 Å². The first-order valence-corrected chi connectivity index (χ1v) is 11.2. The minimum atomic E-state index is -0.291. The number of carbonyl (C=O) groups is 2. The molecule has 1 atom stereocenters. The number of nitrogens with zero attached hydrogens (tertiary/aromatic N) is 1. The molecular formula is C22H28ClNO3S. The lowest BCUT2D eigenvalue weighted by atomic mass is 9.93. The van der Waals surface area contributed by atoms with Crippen molar-refractivity contribution < 1.29 is 14.3 Å². The molecule has 0 aromatic heterocycles. The maximum atomic E-state index is 13.4. The van der Waals surface area contributed by atoms with Gasteiger partial charge < -0.3 is 9.64 Å². The molecule has 1 aliphatic carbocycles. The number of rotatable bonds is 7. The number of Topliss-reactive ketones (excluding diaryl/α,β-unsaturated/α-hetero) is 2. The molecule has 1 heterocycles. The number of hydrogen-bond donors (Lipinski definition) is 0. The second kappa shape index (κ2) is 8.60. The zero-order valence-electron chi connectivity index (χ0n) is 17.2. The van der Waals surface area contributed by atoms with Crippen LogP contribution in [-0.4, -0.2) is 42.4 Å². The molecule has 2 aliphatic rings. The second-order valence-corrected chi connectivity index (χ2v) is 9.57. The SMILES string of the molecule is Cc1cc(C(=O)/C(=C/N(C)C)C(=O)C2CC2)c(Cl)c2c1SCCC2OC(C)C. The lowest BCUT2D eigenvalue weighted by Crippen LogP contribution is -2.21. The van der Waals surface area contributed by atoms with Crippen molar-refractivity contribution in [3.8, 4) is 0 Å². The molecule has 1 aromatic rings. The zero-order chi connectivity index (χ0) is 20.6. The summed E-state index contributed by atoms with van der Waals surface area (Å²) in [6, 6.07) is 1.83. The largest absolute Gasteiger partial charge is 0.383 e. The van der Waals surface area contributed by atoms with Gasteiger partial charge in [0.2, 0.25) is 0 Å². The van der Waals surface area contributed by atoms with Gasteiger partial charge in [0.15, 0.2) is 11.6 Å². The van der Waals surface area contributed by atoms with E-state index < -0.39 is 0 Å². The molecule has 0 amide bonds. The van der Waals surface area contributed by atoms with E-state index in [1.165, 1.54) is 0 Å². The molecule has 0 saturated heterocycles. The number of thioether (sulfide) groups is 1. The van der Waals surface area contributed by atoms with Gasteiger partial charge in [-0.25, -0.2) is 0 Å². The van der Waals surface area contributed by atoms with Crippen LogP contribution in [0, 0.1) is 12.8 Å². The molecule has 1 aliphatic heterocycles. The Morgan fingerprint density at radius 3 is 2.54 bits per heavy atom. The maximum absolute atomic E-state index is 13.4. The summed E-state index contributed by atoms with van der Waals surface area (Å²) in [7, 11) is 3.63. The van der Waals surface area contributed by atoms with E-state index in [-0.39, 0.29) is 35.3 Å². The molecule has 28 heavy (non-hydrogen) atoms. The lowest BCUT2D eigenvalue weighted by molar-refractivity contribution is -0.116. The van der Waals surface area contributed by atoms with Crippen LogP contribution in [0.5, 0.6) is 0 Å². The van der Waals surface area contributed by atoms with Gasteiger partial charge >= 0.3 is 0 Å². The Kier molecular flexibility index (Phi) is 6.58. The normalized spacial score (nSPS) is 19.5. The van der Waals surface area contributed by atoms with Crippen LogP contribution < -0.4 is 0 Å². The number of hydrogen-bond acceptors (Lipinski definition) is 5. The van der Waals surface area contributed by atoms with Crippen molar-refractivity contribution in [3.05, 3.63) is 39.6 Å². The molecule has 0 radical (unpaired) electrons. The van der Waals surface area contributed by atoms with Crippen LogP contribution in [0.25, 0.3) is 0 Å². The van der Waals surface area contributed by atoms with E-state index >= 15 is 0 Å². The van der Waals surface area contributed by atoms with Crippen molar-refractivity contribution in [2.45, 2.75) is 57.1 Å². The Morgan fingerprint density at radius 1 is 1.29 bits per heavy atom. The van der Waals surface area contributed by atoms with Gasteiger partial charge in [-0.15, -0.1) is 11.8 Å². The quantitative estimate of drug-likeness (QED) is 0.261. The van der Waals surface area contributed by atoms with Crippen molar-refractivity contribution in [1.29, 1.82) is 0 Å². The number of ether oxygens (including phenoxy) is 1. The fourth-order valence-corrected chi connectivity index (χ4v) is 5.15. The van der Waals surface area contributed by atoms with Gasteiger partial charge in [-0.3, -0.25) is 9.59 Å². The van der Waals surface area contributed by atoms with Gasteiger partial charge in [0.05, 0.1) is 22.8 Å². The van der Waals surface area contributed by atoms with Crippen LogP contribution in [-0.2, 0) is 9.53 Å². The van der Waals surface area contributed by atoms with Crippen LogP contribution in [0.4, 0.5) is 0 Å². The first-order valence-electron chi connectivity index (χ1n) is 9.79. The minimum absolute atomic E-state index is 0.0276. The molecule has 1 saturated carbocycles. The Bertz CT molecular complexity index is 828. The highest BCUT2D eigenvalue weighted by Crippen LogP contribution is 2.46. The molecule has 6 heteroatoms. The van der Waals surface area contributed by atoms with Gasteiger partial charge in [0.25, 0.3) is 0 Å². The summed E-state index contributed by atoms with van der Waals surface area (Å²) < 4.78 is 6.11. The molecule has 4 nitrogen and oxygen atoms in total. The van der Waals surface area contributed by atoms with E-state index in [9.17, 15) is 9.59 Å².